The number of hydrogen-bond donors (Lipinski definition) is 2. The molecule has 2 heterocycles. The molecular weight excluding hydrogens is 388 g/mol. The van der Waals surface area contributed by atoms with Gasteiger partial charge in [-0.15, -0.1) is 0 Å². The van der Waals surface area contributed by atoms with E-state index in [9.17, 15) is 9.59 Å². The van der Waals surface area contributed by atoms with Crippen LogP contribution in [0.5, 0.6) is 17.2 Å². The van der Waals surface area contributed by atoms with Crippen LogP contribution in [-0.2, 0) is 16.0 Å². The molecule has 0 aliphatic carbocycles. The molecule has 0 fully saturated rings. The van der Waals surface area contributed by atoms with Crippen molar-refractivity contribution in [1.29, 1.82) is 0 Å². The third kappa shape index (κ3) is 3.89. The molecule has 0 saturated carbocycles. The molecular formula is C22H22N2O6. The number of hydrogen-bond acceptors (Lipinski definition) is 6. The minimum absolute atomic E-state index is 0.0205. The van der Waals surface area contributed by atoms with Crippen molar-refractivity contribution in [2.45, 2.75) is 18.8 Å². The molecule has 0 bridgehead atoms. The number of rotatable bonds is 7. The van der Waals surface area contributed by atoms with Crippen molar-refractivity contribution in [1.82, 2.24) is 10.2 Å². The van der Waals surface area contributed by atoms with E-state index in [1.165, 1.54) is 7.11 Å². The standard InChI is InChI=1S/C22H22N2O6/c1-27-15-6-3-13(4-7-15)9-17-21(22(26)24-23-17)16(11-20(25)28-2)14-5-8-18-19(10-14)30-12-29-18/h3-8,10,16H,9,11-12H2,1-2H3,(H2,23,24,26)/t16-/m1/s1. The second kappa shape index (κ2) is 8.36. The van der Waals surface area contributed by atoms with Gasteiger partial charge in [0.05, 0.1) is 20.6 Å². The summed E-state index contributed by atoms with van der Waals surface area (Å²) in [5.41, 5.74) is 2.69. The zero-order chi connectivity index (χ0) is 21.1. The Morgan fingerprint density at radius 2 is 1.83 bits per heavy atom. The number of ether oxygens (including phenoxy) is 4. The summed E-state index contributed by atoms with van der Waals surface area (Å²) in [6.07, 6.45) is 0.507. The van der Waals surface area contributed by atoms with E-state index in [2.05, 4.69) is 10.2 Å². The highest BCUT2D eigenvalue weighted by molar-refractivity contribution is 5.71. The van der Waals surface area contributed by atoms with Crippen molar-refractivity contribution in [2.24, 2.45) is 0 Å². The fourth-order valence-corrected chi connectivity index (χ4v) is 3.63. The van der Waals surface area contributed by atoms with Gasteiger partial charge in [-0.05, 0) is 35.4 Å². The lowest BCUT2D eigenvalue weighted by Gasteiger charge is -2.17. The van der Waals surface area contributed by atoms with Crippen LogP contribution in [-0.4, -0.2) is 37.2 Å². The van der Waals surface area contributed by atoms with Crippen molar-refractivity contribution in [3.05, 3.63) is 75.2 Å². The first kappa shape index (κ1) is 19.6. The molecule has 2 N–H and O–H groups in total. The molecule has 156 valence electrons. The van der Waals surface area contributed by atoms with Crippen molar-refractivity contribution < 1.29 is 23.7 Å². The lowest BCUT2D eigenvalue weighted by molar-refractivity contribution is -0.140. The van der Waals surface area contributed by atoms with Crippen LogP contribution in [0.15, 0.2) is 47.3 Å². The van der Waals surface area contributed by atoms with Crippen LogP contribution >= 0.6 is 0 Å². The highest BCUT2D eigenvalue weighted by Crippen LogP contribution is 2.37. The van der Waals surface area contributed by atoms with Crippen molar-refractivity contribution >= 4 is 5.97 Å². The summed E-state index contributed by atoms with van der Waals surface area (Å²) >= 11 is 0. The molecule has 2 aromatic carbocycles. The summed E-state index contributed by atoms with van der Waals surface area (Å²) in [4.78, 5) is 24.9. The first-order valence-electron chi connectivity index (χ1n) is 9.47. The Kier molecular flexibility index (Phi) is 5.47. The molecule has 0 amide bonds. The van der Waals surface area contributed by atoms with Gasteiger partial charge in [0.15, 0.2) is 11.5 Å². The summed E-state index contributed by atoms with van der Waals surface area (Å²) in [6, 6.07) is 13.0. The summed E-state index contributed by atoms with van der Waals surface area (Å²) in [7, 11) is 2.94. The van der Waals surface area contributed by atoms with Crippen LogP contribution < -0.4 is 19.8 Å². The number of nitrogens with one attached hydrogen (secondary N) is 2. The van der Waals surface area contributed by atoms with Gasteiger partial charge in [-0.25, -0.2) is 0 Å². The molecule has 0 saturated heterocycles. The van der Waals surface area contributed by atoms with Crippen LogP contribution in [0, 0.1) is 0 Å². The van der Waals surface area contributed by atoms with E-state index in [-0.39, 0.29) is 18.8 Å². The molecule has 1 aromatic heterocycles. The molecule has 0 unspecified atom stereocenters. The predicted molar refractivity (Wildman–Crippen MR) is 108 cm³/mol. The Morgan fingerprint density at radius 1 is 1.07 bits per heavy atom. The average Bonchev–Trinajstić information content (AvgIpc) is 3.38. The number of methoxy groups -OCH3 is 2. The van der Waals surface area contributed by atoms with Crippen LogP contribution in [0.3, 0.4) is 0 Å². The van der Waals surface area contributed by atoms with Gasteiger partial charge >= 0.3 is 5.97 Å². The third-order valence-corrected chi connectivity index (χ3v) is 5.18. The number of aromatic amines is 2. The number of H-pyrrole nitrogens is 2. The van der Waals surface area contributed by atoms with E-state index >= 15 is 0 Å². The molecule has 3 aromatic rings. The second-order valence-electron chi connectivity index (χ2n) is 6.94. The molecule has 30 heavy (non-hydrogen) atoms. The maximum absolute atomic E-state index is 12.7. The van der Waals surface area contributed by atoms with E-state index in [0.29, 0.717) is 29.2 Å². The largest absolute Gasteiger partial charge is 0.497 e. The van der Waals surface area contributed by atoms with Gasteiger partial charge in [-0.2, -0.15) is 0 Å². The van der Waals surface area contributed by atoms with E-state index in [1.807, 2.05) is 30.3 Å². The fourth-order valence-electron chi connectivity index (χ4n) is 3.63. The van der Waals surface area contributed by atoms with Crippen molar-refractivity contribution in [2.75, 3.05) is 21.0 Å². The molecule has 0 radical (unpaired) electrons. The van der Waals surface area contributed by atoms with E-state index in [4.69, 9.17) is 18.9 Å². The minimum atomic E-state index is -0.504. The monoisotopic (exact) mass is 410 g/mol. The van der Waals surface area contributed by atoms with Crippen LogP contribution in [0.25, 0.3) is 0 Å². The third-order valence-electron chi connectivity index (χ3n) is 5.18. The van der Waals surface area contributed by atoms with E-state index < -0.39 is 11.9 Å². The number of carbonyl (C=O) groups is 1. The van der Waals surface area contributed by atoms with Crippen LogP contribution in [0.4, 0.5) is 0 Å². The summed E-state index contributed by atoms with van der Waals surface area (Å²) < 4.78 is 20.9. The number of fused-ring (bicyclic) bond motifs is 1. The van der Waals surface area contributed by atoms with Gasteiger partial charge in [0.2, 0.25) is 6.79 Å². The summed E-state index contributed by atoms with van der Waals surface area (Å²) in [6.45, 7) is 0.147. The molecule has 0 spiro atoms. The van der Waals surface area contributed by atoms with Crippen LogP contribution in [0.2, 0.25) is 0 Å². The van der Waals surface area contributed by atoms with E-state index in [1.54, 1.807) is 19.2 Å². The predicted octanol–water partition coefficient (Wildman–Crippen LogP) is 2.73. The first-order chi connectivity index (χ1) is 14.6. The molecule has 4 rings (SSSR count). The second-order valence-corrected chi connectivity index (χ2v) is 6.94. The van der Waals surface area contributed by atoms with Crippen molar-refractivity contribution in [3.8, 4) is 17.2 Å². The molecule has 1 aliphatic heterocycles. The Morgan fingerprint density at radius 3 is 2.57 bits per heavy atom. The summed E-state index contributed by atoms with van der Waals surface area (Å²) in [5, 5.41) is 5.63. The van der Waals surface area contributed by atoms with Gasteiger partial charge < -0.3 is 24.0 Å². The van der Waals surface area contributed by atoms with Gasteiger partial charge in [0, 0.05) is 23.6 Å². The average molecular weight is 410 g/mol. The lowest BCUT2D eigenvalue weighted by atomic mass is 9.87. The quantitative estimate of drug-likeness (QED) is 0.581. The Labute approximate surface area is 172 Å². The van der Waals surface area contributed by atoms with Gasteiger partial charge in [0.1, 0.15) is 5.75 Å². The fraction of sp³-hybridized carbons (Fsp3) is 0.273. The molecule has 1 aliphatic rings. The van der Waals surface area contributed by atoms with Gasteiger partial charge in [-0.3, -0.25) is 14.7 Å². The number of carbonyl (C=O) groups excluding carboxylic acids is 1. The SMILES string of the molecule is COC(=O)C[C@H](c1ccc2c(c1)OCO2)c1c(Cc2ccc(OC)cc2)[nH][nH]c1=O. The van der Waals surface area contributed by atoms with Gasteiger partial charge in [-0.1, -0.05) is 18.2 Å². The summed E-state index contributed by atoms with van der Waals surface area (Å²) in [5.74, 6) is 1.07. The van der Waals surface area contributed by atoms with Crippen molar-refractivity contribution in [3.63, 3.8) is 0 Å². The number of benzene rings is 2. The van der Waals surface area contributed by atoms with Crippen LogP contribution in [0.1, 0.15) is 34.7 Å². The Balaban J connectivity index is 1.72. The number of aromatic nitrogens is 2. The molecule has 8 heteroatoms. The van der Waals surface area contributed by atoms with E-state index in [0.717, 1.165) is 16.9 Å². The number of esters is 1. The Hall–Kier alpha value is -3.68. The zero-order valence-corrected chi connectivity index (χ0v) is 16.7. The highest BCUT2D eigenvalue weighted by Gasteiger charge is 2.27. The maximum Gasteiger partial charge on any atom is 0.306 e. The first-order valence-corrected chi connectivity index (χ1v) is 9.47. The minimum Gasteiger partial charge on any atom is -0.497 e. The highest BCUT2D eigenvalue weighted by atomic mass is 16.7. The molecule has 1 atom stereocenters. The Bertz CT molecular complexity index is 1100. The molecule has 8 nitrogen and oxygen atoms in total. The van der Waals surface area contributed by atoms with Gasteiger partial charge in [0.25, 0.3) is 5.56 Å². The topological polar surface area (TPSA) is 103 Å². The smallest absolute Gasteiger partial charge is 0.306 e. The normalized spacial score (nSPS) is 13.1. The zero-order valence-electron chi connectivity index (χ0n) is 16.7. The maximum atomic E-state index is 12.7. The lowest BCUT2D eigenvalue weighted by Crippen LogP contribution is -2.18.